The second-order valence-electron chi connectivity index (χ2n) is 5.24. The van der Waals surface area contributed by atoms with Crippen LogP contribution < -0.4 is 10.1 Å². The molecule has 2 aromatic rings. The first-order valence-electron chi connectivity index (χ1n) is 7.85. The number of furan rings is 1. The van der Waals surface area contributed by atoms with Crippen molar-refractivity contribution in [1.29, 1.82) is 0 Å². The van der Waals surface area contributed by atoms with Crippen molar-refractivity contribution < 1.29 is 23.5 Å². The van der Waals surface area contributed by atoms with E-state index in [1.807, 2.05) is 24.3 Å². The maximum atomic E-state index is 11.9. The van der Waals surface area contributed by atoms with Crippen LogP contribution in [0.15, 0.2) is 46.9 Å². The molecule has 132 valence electrons. The van der Waals surface area contributed by atoms with Crippen molar-refractivity contribution in [3.05, 3.63) is 59.6 Å². The number of benzene rings is 1. The summed E-state index contributed by atoms with van der Waals surface area (Å²) in [6, 6.07) is 11.0. The molecule has 0 atom stereocenters. The van der Waals surface area contributed by atoms with Crippen LogP contribution in [-0.4, -0.2) is 26.1 Å². The van der Waals surface area contributed by atoms with Gasteiger partial charge in [0.1, 0.15) is 17.3 Å². The summed E-state index contributed by atoms with van der Waals surface area (Å²) in [6.45, 7) is 0.371. The smallest absolute Gasteiger partial charge is 0.305 e. The molecule has 0 fully saturated rings. The topological polar surface area (TPSA) is 77.8 Å². The van der Waals surface area contributed by atoms with E-state index in [2.05, 4.69) is 10.1 Å². The third-order valence-corrected chi connectivity index (χ3v) is 3.53. The van der Waals surface area contributed by atoms with Gasteiger partial charge in [0.05, 0.1) is 20.6 Å². The van der Waals surface area contributed by atoms with Crippen LogP contribution in [0.5, 0.6) is 5.75 Å². The fourth-order valence-electron chi connectivity index (χ4n) is 2.19. The maximum Gasteiger partial charge on any atom is 0.305 e. The standard InChI is InChI=1S/C19H21NO5/c1-23-17-6-4-3-5-14(17)13-20-18(21)11-9-15-7-8-16(25-15)10-12-19(22)24-2/h3-9,11H,10,12-13H2,1-2H3,(H,20,21)/b11-9+. The number of rotatable bonds is 8. The molecule has 6 heteroatoms. The van der Waals surface area contributed by atoms with Gasteiger partial charge in [0.2, 0.25) is 5.91 Å². The van der Waals surface area contributed by atoms with E-state index in [9.17, 15) is 9.59 Å². The predicted octanol–water partition coefficient (Wildman–Crippen LogP) is 2.72. The molecule has 1 amide bonds. The molecular weight excluding hydrogens is 322 g/mol. The molecule has 1 aromatic carbocycles. The minimum absolute atomic E-state index is 0.238. The summed E-state index contributed by atoms with van der Waals surface area (Å²) in [5.41, 5.74) is 0.898. The summed E-state index contributed by atoms with van der Waals surface area (Å²) in [5, 5.41) is 2.79. The molecule has 0 bridgehead atoms. The number of para-hydroxylation sites is 1. The summed E-state index contributed by atoms with van der Waals surface area (Å²) in [5.74, 6) is 1.42. The van der Waals surface area contributed by atoms with E-state index in [0.717, 1.165) is 11.3 Å². The SMILES string of the molecule is COC(=O)CCc1ccc(/C=C/C(=O)NCc2ccccc2OC)o1. The number of hydrogen-bond donors (Lipinski definition) is 1. The summed E-state index contributed by atoms with van der Waals surface area (Å²) in [6.07, 6.45) is 3.70. The highest BCUT2D eigenvalue weighted by Gasteiger charge is 2.06. The van der Waals surface area contributed by atoms with Crippen LogP contribution in [0.1, 0.15) is 23.5 Å². The Morgan fingerprint density at radius 1 is 1.16 bits per heavy atom. The van der Waals surface area contributed by atoms with Gasteiger partial charge in [0.15, 0.2) is 0 Å². The maximum absolute atomic E-state index is 11.9. The second-order valence-corrected chi connectivity index (χ2v) is 5.24. The van der Waals surface area contributed by atoms with E-state index < -0.39 is 0 Å². The van der Waals surface area contributed by atoms with E-state index in [1.165, 1.54) is 13.2 Å². The second kappa shape index (κ2) is 9.32. The van der Waals surface area contributed by atoms with E-state index in [4.69, 9.17) is 9.15 Å². The lowest BCUT2D eigenvalue weighted by Crippen LogP contribution is -2.20. The van der Waals surface area contributed by atoms with Crippen molar-refractivity contribution in [2.75, 3.05) is 14.2 Å². The number of methoxy groups -OCH3 is 2. The Bertz CT molecular complexity index is 748. The number of ether oxygens (including phenoxy) is 2. The zero-order valence-corrected chi connectivity index (χ0v) is 14.3. The quantitative estimate of drug-likeness (QED) is 0.589. The van der Waals surface area contributed by atoms with Crippen LogP contribution in [0, 0.1) is 0 Å². The van der Waals surface area contributed by atoms with Gasteiger partial charge in [0.25, 0.3) is 0 Å². The van der Waals surface area contributed by atoms with Gasteiger partial charge >= 0.3 is 5.97 Å². The summed E-state index contributed by atoms with van der Waals surface area (Å²) >= 11 is 0. The van der Waals surface area contributed by atoms with Gasteiger partial charge in [-0.15, -0.1) is 0 Å². The number of hydrogen-bond acceptors (Lipinski definition) is 5. The monoisotopic (exact) mass is 343 g/mol. The molecule has 0 spiro atoms. The van der Waals surface area contributed by atoms with Gasteiger partial charge < -0.3 is 19.2 Å². The number of nitrogens with one attached hydrogen (secondary N) is 1. The van der Waals surface area contributed by atoms with E-state index >= 15 is 0 Å². The first-order valence-corrected chi connectivity index (χ1v) is 7.85. The Labute approximate surface area is 146 Å². The predicted molar refractivity (Wildman–Crippen MR) is 92.9 cm³/mol. The summed E-state index contributed by atoms with van der Waals surface area (Å²) < 4.78 is 15.4. The van der Waals surface area contributed by atoms with E-state index in [0.29, 0.717) is 24.5 Å². The van der Waals surface area contributed by atoms with Crippen LogP contribution >= 0.6 is 0 Å². The Balaban J connectivity index is 1.84. The molecule has 6 nitrogen and oxygen atoms in total. The van der Waals surface area contributed by atoms with Crippen molar-refractivity contribution in [3.8, 4) is 5.75 Å². The molecule has 0 aliphatic heterocycles. The lowest BCUT2D eigenvalue weighted by molar-refractivity contribution is -0.140. The highest BCUT2D eigenvalue weighted by Crippen LogP contribution is 2.16. The number of carbonyl (C=O) groups is 2. The van der Waals surface area contributed by atoms with E-state index in [-0.39, 0.29) is 18.3 Å². The van der Waals surface area contributed by atoms with Crippen molar-refractivity contribution >= 4 is 18.0 Å². The molecule has 0 saturated heterocycles. The number of carbonyl (C=O) groups excluding carboxylic acids is 2. The van der Waals surface area contributed by atoms with Gasteiger partial charge in [0, 0.05) is 24.6 Å². The zero-order chi connectivity index (χ0) is 18.1. The normalized spacial score (nSPS) is 10.6. The van der Waals surface area contributed by atoms with Crippen LogP contribution in [0.4, 0.5) is 0 Å². The summed E-state index contributed by atoms with van der Waals surface area (Å²) in [7, 11) is 2.94. The lowest BCUT2D eigenvalue weighted by Gasteiger charge is -2.08. The Hall–Kier alpha value is -3.02. The lowest BCUT2D eigenvalue weighted by atomic mass is 10.2. The largest absolute Gasteiger partial charge is 0.496 e. The van der Waals surface area contributed by atoms with Crippen LogP contribution in [-0.2, 0) is 27.3 Å². The molecule has 1 aromatic heterocycles. The first-order chi connectivity index (χ1) is 12.1. The van der Waals surface area contributed by atoms with Gasteiger partial charge in [-0.05, 0) is 24.3 Å². The highest BCUT2D eigenvalue weighted by molar-refractivity contribution is 5.91. The minimum atomic E-state index is -0.288. The van der Waals surface area contributed by atoms with Crippen LogP contribution in [0.3, 0.4) is 0 Å². The molecule has 0 unspecified atom stereocenters. The minimum Gasteiger partial charge on any atom is -0.496 e. The zero-order valence-electron chi connectivity index (χ0n) is 14.3. The number of aryl methyl sites for hydroxylation is 1. The first kappa shape index (κ1) is 18.3. The number of esters is 1. The molecule has 0 saturated carbocycles. The Morgan fingerprint density at radius 3 is 2.72 bits per heavy atom. The molecule has 0 aliphatic carbocycles. The average molecular weight is 343 g/mol. The molecule has 1 heterocycles. The highest BCUT2D eigenvalue weighted by atomic mass is 16.5. The molecule has 0 aliphatic rings. The Morgan fingerprint density at radius 2 is 1.96 bits per heavy atom. The van der Waals surface area contributed by atoms with E-state index in [1.54, 1.807) is 25.3 Å². The van der Waals surface area contributed by atoms with Crippen LogP contribution in [0.25, 0.3) is 6.08 Å². The average Bonchev–Trinajstić information content (AvgIpc) is 3.10. The van der Waals surface area contributed by atoms with Crippen molar-refractivity contribution in [2.24, 2.45) is 0 Å². The van der Waals surface area contributed by atoms with Gasteiger partial charge in [-0.2, -0.15) is 0 Å². The molecule has 2 rings (SSSR count). The van der Waals surface area contributed by atoms with Gasteiger partial charge in [-0.25, -0.2) is 0 Å². The van der Waals surface area contributed by atoms with Gasteiger partial charge in [-0.3, -0.25) is 9.59 Å². The number of amides is 1. The fraction of sp³-hybridized carbons (Fsp3) is 0.263. The van der Waals surface area contributed by atoms with Gasteiger partial charge in [-0.1, -0.05) is 18.2 Å². The van der Waals surface area contributed by atoms with Crippen molar-refractivity contribution in [3.63, 3.8) is 0 Å². The van der Waals surface area contributed by atoms with Crippen molar-refractivity contribution in [1.82, 2.24) is 5.32 Å². The van der Waals surface area contributed by atoms with Crippen molar-refractivity contribution in [2.45, 2.75) is 19.4 Å². The third-order valence-electron chi connectivity index (χ3n) is 3.53. The molecule has 0 radical (unpaired) electrons. The molecular formula is C19H21NO5. The van der Waals surface area contributed by atoms with Crippen LogP contribution in [0.2, 0.25) is 0 Å². The molecule has 25 heavy (non-hydrogen) atoms. The summed E-state index contributed by atoms with van der Waals surface area (Å²) in [4.78, 5) is 23.0. The fourth-order valence-corrected chi connectivity index (χ4v) is 2.19. The molecule has 1 N–H and O–H groups in total. The Kier molecular flexibility index (Phi) is 6.83. The third kappa shape index (κ3) is 5.84.